The zero-order valence-electron chi connectivity index (χ0n) is 16.6. The molecule has 7 heteroatoms. The van der Waals surface area contributed by atoms with E-state index < -0.39 is 0 Å². The molecule has 4 rings (SSSR count). The second-order valence-corrected chi connectivity index (χ2v) is 8.98. The minimum Gasteiger partial charge on any atom is -0.356 e. The molecule has 2 aromatic heterocycles. The van der Waals surface area contributed by atoms with Gasteiger partial charge in [-0.05, 0) is 31.7 Å². The van der Waals surface area contributed by atoms with Gasteiger partial charge in [0.1, 0.15) is 17.6 Å². The molecule has 1 amide bonds. The third-order valence-corrected chi connectivity index (χ3v) is 6.13. The van der Waals surface area contributed by atoms with Gasteiger partial charge in [-0.25, -0.2) is 4.98 Å². The van der Waals surface area contributed by atoms with E-state index in [1.807, 2.05) is 31.7 Å². The number of H-pyrrole nitrogens is 2. The van der Waals surface area contributed by atoms with Crippen LogP contribution in [0.4, 0.5) is 0 Å². The van der Waals surface area contributed by atoms with Gasteiger partial charge in [0.2, 0.25) is 0 Å². The van der Waals surface area contributed by atoms with Gasteiger partial charge in [0.15, 0.2) is 0 Å². The van der Waals surface area contributed by atoms with Crippen molar-refractivity contribution in [1.29, 1.82) is 5.26 Å². The third-order valence-electron chi connectivity index (χ3n) is 6.13. The smallest absolute Gasteiger partial charge is 0.270 e. The van der Waals surface area contributed by atoms with E-state index >= 15 is 0 Å². The molecule has 0 unspecified atom stereocenters. The lowest BCUT2D eigenvalue weighted by molar-refractivity contribution is 0.0658. The molecular weight excluding hydrogens is 354 g/mol. The Labute approximate surface area is 163 Å². The molecule has 1 aliphatic heterocycles. The fraction of sp³-hybridized carbons (Fsp3) is 0.524. The number of hydrogen-bond acceptors (Lipinski definition) is 4. The molecule has 146 valence electrons. The molecule has 0 atom stereocenters. The molecule has 1 spiro atoms. The first-order chi connectivity index (χ1) is 13.2. The maximum Gasteiger partial charge on any atom is 0.270 e. The average Bonchev–Trinajstić information content (AvgIpc) is 3.27. The van der Waals surface area contributed by atoms with Crippen molar-refractivity contribution < 1.29 is 4.79 Å². The minimum absolute atomic E-state index is 0.0132. The summed E-state index contributed by atoms with van der Waals surface area (Å²) in [5.41, 5.74) is 2.31. The largest absolute Gasteiger partial charge is 0.356 e. The Morgan fingerprint density at radius 2 is 2.00 bits per heavy atom. The number of amides is 1. The standard InChI is InChI=1S/C21H25N5O2/c1-20(2,3)19-24-16-14(17(27)25-19)4-5-21(16)6-8-26(9-7-21)18(28)15-10-13(11-22)12-23-15/h10,12,23H,4-9H2,1-3H3,(H,24,25,27). The van der Waals surface area contributed by atoms with E-state index in [2.05, 4.69) is 9.97 Å². The number of fused-ring (bicyclic) bond motifs is 2. The van der Waals surface area contributed by atoms with E-state index in [-0.39, 0.29) is 22.3 Å². The number of aromatic amines is 2. The second kappa shape index (κ2) is 6.33. The minimum atomic E-state index is -0.222. The van der Waals surface area contributed by atoms with Gasteiger partial charge in [0, 0.05) is 35.7 Å². The Hall–Kier alpha value is -2.88. The second-order valence-electron chi connectivity index (χ2n) is 8.98. The molecule has 2 aliphatic rings. The van der Waals surface area contributed by atoms with Crippen LogP contribution in [0.2, 0.25) is 0 Å². The van der Waals surface area contributed by atoms with Gasteiger partial charge in [-0.15, -0.1) is 0 Å². The van der Waals surface area contributed by atoms with Gasteiger partial charge in [-0.2, -0.15) is 5.26 Å². The highest BCUT2D eigenvalue weighted by Gasteiger charge is 2.45. The number of likely N-dealkylation sites (tertiary alicyclic amines) is 1. The Balaban J connectivity index is 1.58. The van der Waals surface area contributed by atoms with Crippen molar-refractivity contribution in [2.45, 2.75) is 57.3 Å². The molecule has 0 saturated carbocycles. The molecule has 0 radical (unpaired) electrons. The summed E-state index contributed by atoms with van der Waals surface area (Å²) >= 11 is 0. The van der Waals surface area contributed by atoms with Gasteiger partial charge in [-0.3, -0.25) is 9.59 Å². The highest BCUT2D eigenvalue weighted by molar-refractivity contribution is 5.93. The number of piperidine rings is 1. The van der Waals surface area contributed by atoms with Crippen LogP contribution in [0.1, 0.15) is 73.2 Å². The lowest BCUT2D eigenvalue weighted by atomic mass is 9.76. The fourth-order valence-corrected chi connectivity index (χ4v) is 4.38. The van der Waals surface area contributed by atoms with Crippen LogP contribution in [-0.4, -0.2) is 38.8 Å². The number of rotatable bonds is 1. The molecule has 1 aliphatic carbocycles. The molecule has 0 aromatic carbocycles. The predicted octanol–water partition coefficient (Wildman–Crippen LogP) is 2.39. The van der Waals surface area contributed by atoms with Crippen LogP contribution in [0.5, 0.6) is 0 Å². The van der Waals surface area contributed by atoms with Crippen LogP contribution in [-0.2, 0) is 17.3 Å². The Morgan fingerprint density at radius 1 is 1.29 bits per heavy atom. The first-order valence-electron chi connectivity index (χ1n) is 9.75. The van der Waals surface area contributed by atoms with Gasteiger partial charge >= 0.3 is 0 Å². The average molecular weight is 379 g/mol. The van der Waals surface area contributed by atoms with Crippen LogP contribution >= 0.6 is 0 Å². The van der Waals surface area contributed by atoms with Crippen LogP contribution < -0.4 is 5.56 Å². The number of carbonyl (C=O) groups excluding carboxylic acids is 1. The van der Waals surface area contributed by atoms with Crippen molar-refractivity contribution in [1.82, 2.24) is 19.9 Å². The monoisotopic (exact) mass is 379 g/mol. The quantitative estimate of drug-likeness (QED) is 0.793. The number of nitrogens with one attached hydrogen (secondary N) is 2. The predicted molar refractivity (Wildman–Crippen MR) is 104 cm³/mol. The number of aromatic nitrogens is 3. The van der Waals surface area contributed by atoms with E-state index in [0.29, 0.717) is 24.3 Å². The maximum absolute atomic E-state index is 12.7. The number of hydrogen-bond donors (Lipinski definition) is 2. The molecule has 0 bridgehead atoms. The van der Waals surface area contributed by atoms with Crippen LogP contribution in [0, 0.1) is 11.3 Å². The van der Waals surface area contributed by atoms with Gasteiger partial charge < -0.3 is 14.9 Å². The molecule has 28 heavy (non-hydrogen) atoms. The van der Waals surface area contributed by atoms with Crippen molar-refractivity contribution in [3.8, 4) is 6.07 Å². The van der Waals surface area contributed by atoms with E-state index in [1.165, 1.54) is 0 Å². The van der Waals surface area contributed by atoms with Gasteiger partial charge in [0.25, 0.3) is 11.5 Å². The molecular formula is C21H25N5O2. The molecule has 2 aromatic rings. The lowest BCUT2D eigenvalue weighted by Crippen LogP contribution is -2.45. The zero-order chi connectivity index (χ0) is 20.1. The Bertz CT molecular complexity index is 1030. The fourth-order valence-electron chi connectivity index (χ4n) is 4.38. The summed E-state index contributed by atoms with van der Waals surface area (Å²) in [5.74, 6) is 0.648. The summed E-state index contributed by atoms with van der Waals surface area (Å²) in [5, 5.41) is 8.95. The molecule has 7 nitrogen and oxygen atoms in total. The Morgan fingerprint density at radius 3 is 2.61 bits per heavy atom. The summed E-state index contributed by atoms with van der Waals surface area (Å²) < 4.78 is 0. The molecule has 3 heterocycles. The van der Waals surface area contributed by atoms with Crippen LogP contribution in [0.3, 0.4) is 0 Å². The summed E-state index contributed by atoms with van der Waals surface area (Å²) in [4.78, 5) is 37.9. The first-order valence-corrected chi connectivity index (χ1v) is 9.75. The lowest BCUT2D eigenvalue weighted by Gasteiger charge is -2.39. The van der Waals surface area contributed by atoms with Crippen molar-refractivity contribution in [2.24, 2.45) is 0 Å². The molecule has 1 saturated heterocycles. The van der Waals surface area contributed by atoms with E-state index in [1.54, 1.807) is 12.3 Å². The molecule has 1 fully saturated rings. The van der Waals surface area contributed by atoms with Crippen molar-refractivity contribution in [2.75, 3.05) is 13.1 Å². The zero-order valence-corrected chi connectivity index (χ0v) is 16.6. The van der Waals surface area contributed by atoms with Crippen molar-refractivity contribution >= 4 is 5.91 Å². The number of carbonyl (C=O) groups is 1. The highest BCUT2D eigenvalue weighted by atomic mass is 16.2. The highest BCUT2D eigenvalue weighted by Crippen LogP contribution is 2.44. The topological polar surface area (TPSA) is 106 Å². The van der Waals surface area contributed by atoms with E-state index in [9.17, 15) is 9.59 Å². The van der Waals surface area contributed by atoms with Crippen LogP contribution in [0.15, 0.2) is 17.1 Å². The molecule has 2 N–H and O–H groups in total. The third kappa shape index (κ3) is 2.93. The summed E-state index contributed by atoms with van der Waals surface area (Å²) in [6.45, 7) is 7.39. The maximum atomic E-state index is 12.7. The van der Waals surface area contributed by atoms with Gasteiger partial charge in [-0.1, -0.05) is 20.8 Å². The summed E-state index contributed by atoms with van der Waals surface area (Å²) in [6.07, 6.45) is 4.82. The SMILES string of the molecule is CC(C)(C)c1nc2c(c(=O)[nH]1)CCC21CCN(C(=O)c2cc(C#N)c[nH]2)CC1. The normalized spacial score (nSPS) is 18.1. The van der Waals surface area contributed by atoms with E-state index in [0.717, 1.165) is 42.8 Å². The van der Waals surface area contributed by atoms with Crippen molar-refractivity contribution in [3.05, 3.63) is 51.0 Å². The number of nitrogens with zero attached hydrogens (tertiary/aromatic N) is 3. The summed E-state index contributed by atoms with van der Waals surface area (Å²) in [6, 6.07) is 3.63. The number of nitriles is 1. The van der Waals surface area contributed by atoms with E-state index in [4.69, 9.17) is 10.2 Å². The Kier molecular flexibility index (Phi) is 4.18. The van der Waals surface area contributed by atoms with Crippen LogP contribution in [0.25, 0.3) is 0 Å². The first kappa shape index (κ1) is 18.5. The summed E-state index contributed by atoms with van der Waals surface area (Å²) in [7, 11) is 0. The van der Waals surface area contributed by atoms with Gasteiger partial charge in [0.05, 0.1) is 11.3 Å². The van der Waals surface area contributed by atoms with Crippen molar-refractivity contribution in [3.63, 3.8) is 0 Å².